The fourth-order valence-electron chi connectivity index (χ4n) is 7.87. The van der Waals surface area contributed by atoms with E-state index in [2.05, 4.69) is 20.8 Å². The number of hydrogen-bond donors (Lipinski definition) is 2. The Morgan fingerprint density at radius 2 is 0.692 bits per heavy atom. The van der Waals surface area contributed by atoms with E-state index in [0.29, 0.717) is 5.92 Å². The maximum absolute atomic E-state index is 13.1. The molecule has 0 radical (unpaired) electrons. The number of aliphatic carboxylic acids is 1. The van der Waals surface area contributed by atoms with Crippen LogP contribution in [0.3, 0.4) is 0 Å². The molecular weight excluding hydrogens is 643 g/mol. The van der Waals surface area contributed by atoms with E-state index in [1.165, 1.54) is 212 Å². The largest absolute Gasteiger partial charge is 0.481 e. The van der Waals surface area contributed by atoms with Crippen LogP contribution < -0.4 is 5.73 Å². The molecule has 0 heterocycles. The number of carboxylic acids is 1. The molecule has 0 saturated carbocycles. The van der Waals surface area contributed by atoms with Gasteiger partial charge in [-0.05, 0) is 38.0 Å². The SMILES string of the molecule is CCCCCCCCCCCCCCCCCCCCCCC(OC(=O)[C@@H](N)CCC(=O)O)C(CCCCCCCC)CCCCCCCCCC. The molecule has 2 unspecified atom stereocenters. The van der Waals surface area contributed by atoms with Crippen molar-refractivity contribution < 1.29 is 19.4 Å². The van der Waals surface area contributed by atoms with Gasteiger partial charge in [0.2, 0.25) is 0 Å². The number of carboxylic acid groups (broad SMARTS) is 1. The lowest BCUT2D eigenvalue weighted by molar-refractivity contribution is -0.154. The predicted octanol–water partition coefficient (Wildman–Crippen LogP) is 15.2. The summed E-state index contributed by atoms with van der Waals surface area (Å²) >= 11 is 0. The van der Waals surface area contributed by atoms with Crippen LogP contribution in [0.2, 0.25) is 0 Å². The molecule has 0 amide bonds. The predicted molar refractivity (Wildman–Crippen MR) is 226 cm³/mol. The summed E-state index contributed by atoms with van der Waals surface area (Å²) in [7, 11) is 0. The van der Waals surface area contributed by atoms with Crippen LogP contribution in [0.1, 0.15) is 271 Å². The van der Waals surface area contributed by atoms with E-state index in [0.717, 1.165) is 25.7 Å². The summed E-state index contributed by atoms with van der Waals surface area (Å²) in [4.78, 5) is 24.2. The highest BCUT2D eigenvalue weighted by Gasteiger charge is 2.27. The van der Waals surface area contributed by atoms with Crippen LogP contribution in [0.5, 0.6) is 0 Å². The Bertz CT molecular complexity index is 743. The molecule has 5 nitrogen and oxygen atoms in total. The normalized spacial score (nSPS) is 13.3. The standard InChI is InChI=1S/C47H93NO4/c1-4-7-10-13-16-18-19-20-21-22-23-24-25-26-27-28-29-31-34-37-40-45(52-47(51)44(48)41-42-46(49)50)43(38-35-32-15-12-9-6-3)39-36-33-30-17-14-11-8-5-2/h43-45H,4-42,48H2,1-3H3,(H,49,50)/t43?,44-,45?/m0/s1. The summed E-state index contributed by atoms with van der Waals surface area (Å²) in [5.41, 5.74) is 6.14. The van der Waals surface area contributed by atoms with E-state index >= 15 is 0 Å². The highest BCUT2D eigenvalue weighted by molar-refractivity contribution is 5.76. The molecule has 52 heavy (non-hydrogen) atoms. The van der Waals surface area contributed by atoms with Crippen molar-refractivity contribution in [3.8, 4) is 0 Å². The summed E-state index contributed by atoms with van der Waals surface area (Å²) in [5, 5.41) is 9.11. The minimum Gasteiger partial charge on any atom is -0.481 e. The third-order valence-corrected chi connectivity index (χ3v) is 11.5. The zero-order valence-corrected chi connectivity index (χ0v) is 35.6. The molecule has 0 aromatic rings. The quantitative estimate of drug-likeness (QED) is 0.0481. The molecule has 0 saturated heterocycles. The smallest absolute Gasteiger partial charge is 0.323 e. The molecule has 3 N–H and O–H groups in total. The van der Waals surface area contributed by atoms with E-state index in [-0.39, 0.29) is 18.9 Å². The number of nitrogens with two attached hydrogens (primary N) is 1. The van der Waals surface area contributed by atoms with Crippen LogP contribution in [0.15, 0.2) is 0 Å². The van der Waals surface area contributed by atoms with Crippen LogP contribution in [0.25, 0.3) is 0 Å². The van der Waals surface area contributed by atoms with Gasteiger partial charge in [-0.2, -0.15) is 0 Å². The molecule has 0 aromatic carbocycles. The lowest BCUT2D eigenvalue weighted by atomic mass is 9.86. The minimum atomic E-state index is -0.917. The lowest BCUT2D eigenvalue weighted by Gasteiger charge is -2.29. The highest BCUT2D eigenvalue weighted by atomic mass is 16.5. The first-order chi connectivity index (χ1) is 25.5. The van der Waals surface area contributed by atoms with Crippen LogP contribution in [0.4, 0.5) is 0 Å². The Balaban J connectivity index is 4.58. The highest BCUT2D eigenvalue weighted by Crippen LogP contribution is 2.28. The van der Waals surface area contributed by atoms with Crippen molar-refractivity contribution in [2.45, 2.75) is 283 Å². The van der Waals surface area contributed by atoms with Crippen LogP contribution in [-0.4, -0.2) is 29.2 Å². The van der Waals surface area contributed by atoms with Gasteiger partial charge in [-0.3, -0.25) is 9.59 Å². The van der Waals surface area contributed by atoms with Crippen LogP contribution in [-0.2, 0) is 14.3 Å². The molecule has 0 bridgehead atoms. The number of rotatable bonds is 43. The molecule has 0 aliphatic carbocycles. The first kappa shape index (κ1) is 50.9. The minimum absolute atomic E-state index is 0.0975. The average molecular weight is 736 g/mol. The molecule has 0 aliphatic rings. The summed E-state index contributed by atoms with van der Waals surface area (Å²) < 4.78 is 6.21. The molecule has 0 aromatic heterocycles. The molecular formula is C47H93NO4. The lowest BCUT2D eigenvalue weighted by Crippen LogP contribution is -2.37. The van der Waals surface area contributed by atoms with Gasteiger partial charge in [0.05, 0.1) is 0 Å². The van der Waals surface area contributed by atoms with Gasteiger partial charge in [-0.25, -0.2) is 0 Å². The molecule has 0 fully saturated rings. The first-order valence-corrected chi connectivity index (χ1v) is 23.6. The van der Waals surface area contributed by atoms with E-state index in [4.69, 9.17) is 15.6 Å². The zero-order chi connectivity index (χ0) is 38.2. The summed E-state index contributed by atoms with van der Waals surface area (Å²) in [6, 6.07) is -0.855. The second-order valence-corrected chi connectivity index (χ2v) is 16.6. The molecule has 3 atom stereocenters. The fourth-order valence-corrected chi connectivity index (χ4v) is 7.87. The topological polar surface area (TPSA) is 89.6 Å². The van der Waals surface area contributed by atoms with Crippen molar-refractivity contribution in [1.82, 2.24) is 0 Å². The Labute approximate surface area is 325 Å². The van der Waals surface area contributed by atoms with E-state index in [1.54, 1.807) is 0 Å². The zero-order valence-electron chi connectivity index (χ0n) is 35.6. The van der Waals surface area contributed by atoms with E-state index < -0.39 is 18.0 Å². The van der Waals surface area contributed by atoms with Gasteiger partial charge in [0.1, 0.15) is 12.1 Å². The Morgan fingerprint density at radius 3 is 0.981 bits per heavy atom. The Kier molecular flexibility index (Phi) is 40.2. The van der Waals surface area contributed by atoms with Crippen molar-refractivity contribution in [2.75, 3.05) is 0 Å². The number of esters is 1. The van der Waals surface area contributed by atoms with Crippen LogP contribution in [0, 0.1) is 5.92 Å². The second kappa shape index (κ2) is 41.1. The Hall–Kier alpha value is -1.10. The Morgan fingerprint density at radius 1 is 0.423 bits per heavy atom. The van der Waals surface area contributed by atoms with Crippen molar-refractivity contribution in [2.24, 2.45) is 11.7 Å². The molecule has 5 heteroatoms. The molecule has 310 valence electrons. The number of ether oxygens (including phenoxy) is 1. The van der Waals surface area contributed by atoms with E-state index in [9.17, 15) is 9.59 Å². The maximum atomic E-state index is 13.1. The van der Waals surface area contributed by atoms with Crippen molar-refractivity contribution in [3.05, 3.63) is 0 Å². The van der Waals surface area contributed by atoms with E-state index in [1.807, 2.05) is 0 Å². The summed E-state index contributed by atoms with van der Waals surface area (Å²) in [6.45, 7) is 6.83. The third kappa shape index (κ3) is 35.9. The molecule has 0 rings (SSSR count). The van der Waals surface area contributed by atoms with Gasteiger partial charge in [0.25, 0.3) is 0 Å². The second-order valence-electron chi connectivity index (χ2n) is 16.6. The van der Waals surface area contributed by atoms with Gasteiger partial charge >= 0.3 is 11.9 Å². The van der Waals surface area contributed by atoms with Crippen molar-refractivity contribution in [1.29, 1.82) is 0 Å². The van der Waals surface area contributed by atoms with Crippen molar-refractivity contribution >= 4 is 11.9 Å². The number of unbranched alkanes of at least 4 members (excludes halogenated alkanes) is 31. The summed E-state index contributed by atoms with van der Waals surface area (Å²) in [6.07, 6.45) is 48.6. The number of hydrogen-bond acceptors (Lipinski definition) is 4. The fraction of sp³-hybridized carbons (Fsp3) is 0.957. The van der Waals surface area contributed by atoms with Gasteiger partial charge in [-0.1, -0.05) is 233 Å². The maximum Gasteiger partial charge on any atom is 0.323 e. The van der Waals surface area contributed by atoms with Crippen LogP contribution >= 0.6 is 0 Å². The van der Waals surface area contributed by atoms with Gasteiger partial charge in [0, 0.05) is 6.42 Å². The number of carbonyl (C=O) groups excluding carboxylic acids is 1. The average Bonchev–Trinajstić information content (AvgIpc) is 3.14. The van der Waals surface area contributed by atoms with Crippen molar-refractivity contribution in [3.63, 3.8) is 0 Å². The summed E-state index contributed by atoms with van der Waals surface area (Å²) in [5.74, 6) is -0.940. The number of carbonyl (C=O) groups is 2. The van der Waals surface area contributed by atoms with Gasteiger partial charge in [0.15, 0.2) is 0 Å². The molecule has 0 spiro atoms. The first-order valence-electron chi connectivity index (χ1n) is 23.6. The van der Waals surface area contributed by atoms with Gasteiger partial charge < -0.3 is 15.6 Å². The van der Waals surface area contributed by atoms with Gasteiger partial charge in [-0.15, -0.1) is 0 Å². The third-order valence-electron chi connectivity index (χ3n) is 11.5. The molecule has 0 aliphatic heterocycles. The monoisotopic (exact) mass is 736 g/mol.